The van der Waals surface area contributed by atoms with E-state index in [4.69, 9.17) is 16.3 Å². The molecule has 21 heavy (non-hydrogen) atoms. The van der Waals surface area contributed by atoms with Gasteiger partial charge in [0.15, 0.2) is 17.4 Å². The molecule has 0 aliphatic heterocycles. The van der Waals surface area contributed by atoms with Gasteiger partial charge in [0.25, 0.3) is 0 Å². The number of benzene rings is 2. The van der Waals surface area contributed by atoms with Gasteiger partial charge in [-0.05, 0) is 59.0 Å². The van der Waals surface area contributed by atoms with Gasteiger partial charge in [0, 0.05) is 14.5 Å². The van der Waals surface area contributed by atoms with E-state index in [2.05, 4.69) is 32.6 Å². The van der Waals surface area contributed by atoms with Crippen molar-refractivity contribution >= 4 is 45.1 Å². The highest BCUT2D eigenvalue weighted by Gasteiger charge is 2.11. The number of fused-ring (bicyclic) bond motifs is 1. The zero-order chi connectivity index (χ0) is 15.0. The van der Waals surface area contributed by atoms with Crippen molar-refractivity contribution in [3.8, 4) is 17.1 Å². The second-order valence-corrected chi connectivity index (χ2v) is 5.95. The molecular formula is C15H9ClFIN2O. The molecule has 1 aromatic heterocycles. The molecule has 0 saturated heterocycles. The van der Waals surface area contributed by atoms with E-state index in [-0.39, 0.29) is 5.75 Å². The van der Waals surface area contributed by atoms with Crippen molar-refractivity contribution in [2.24, 2.45) is 0 Å². The molecule has 3 aromatic rings. The van der Waals surface area contributed by atoms with Crippen LogP contribution in [0.25, 0.3) is 22.3 Å². The highest BCUT2D eigenvalue weighted by molar-refractivity contribution is 14.1. The predicted molar refractivity (Wildman–Crippen MR) is 89.2 cm³/mol. The molecular weight excluding hydrogens is 406 g/mol. The van der Waals surface area contributed by atoms with Gasteiger partial charge in [-0.3, -0.25) is 0 Å². The van der Waals surface area contributed by atoms with Gasteiger partial charge in [0.2, 0.25) is 0 Å². The lowest BCUT2D eigenvalue weighted by Crippen LogP contribution is -1.94. The summed E-state index contributed by atoms with van der Waals surface area (Å²) >= 11 is 8.43. The molecule has 2 aromatic carbocycles. The molecule has 0 saturated carbocycles. The van der Waals surface area contributed by atoms with E-state index in [1.165, 1.54) is 13.2 Å². The van der Waals surface area contributed by atoms with Crippen LogP contribution in [-0.4, -0.2) is 17.1 Å². The number of rotatable bonds is 2. The Labute approximate surface area is 139 Å². The van der Waals surface area contributed by atoms with Crippen LogP contribution in [0.3, 0.4) is 0 Å². The minimum Gasteiger partial charge on any atom is -0.494 e. The molecule has 3 nitrogen and oxygen atoms in total. The van der Waals surface area contributed by atoms with Crippen LogP contribution in [-0.2, 0) is 0 Å². The van der Waals surface area contributed by atoms with Crippen LogP contribution in [0.4, 0.5) is 4.39 Å². The minimum absolute atomic E-state index is 0.148. The molecule has 6 heteroatoms. The van der Waals surface area contributed by atoms with E-state index in [0.717, 1.165) is 14.5 Å². The number of hydrogen-bond donors (Lipinski definition) is 0. The Morgan fingerprint density at radius 1 is 1.14 bits per heavy atom. The fraction of sp³-hybridized carbons (Fsp3) is 0.0667. The maximum atomic E-state index is 13.5. The van der Waals surface area contributed by atoms with Gasteiger partial charge in [-0.2, -0.15) is 0 Å². The highest BCUT2D eigenvalue weighted by atomic mass is 127. The zero-order valence-corrected chi connectivity index (χ0v) is 13.8. The van der Waals surface area contributed by atoms with Crippen LogP contribution >= 0.6 is 34.2 Å². The first-order valence-electron chi connectivity index (χ1n) is 6.05. The molecule has 0 bridgehead atoms. The number of methoxy groups -OCH3 is 1. The molecule has 0 N–H and O–H groups in total. The number of halogens is 3. The third kappa shape index (κ3) is 2.80. The number of aromatic nitrogens is 2. The Balaban J connectivity index is 2.19. The Hall–Kier alpha value is -1.47. The van der Waals surface area contributed by atoms with Crippen molar-refractivity contribution in [2.45, 2.75) is 0 Å². The summed E-state index contributed by atoms with van der Waals surface area (Å²) in [6.45, 7) is 0. The largest absolute Gasteiger partial charge is 0.494 e. The summed E-state index contributed by atoms with van der Waals surface area (Å²) in [5.74, 6) is 0.157. The van der Waals surface area contributed by atoms with Gasteiger partial charge >= 0.3 is 0 Å². The predicted octanol–water partition coefficient (Wildman–Crippen LogP) is 4.70. The first kappa shape index (κ1) is 14.5. The molecule has 0 fully saturated rings. The average molecular weight is 415 g/mol. The third-order valence-electron chi connectivity index (χ3n) is 3.02. The second-order valence-electron chi connectivity index (χ2n) is 4.35. The van der Waals surface area contributed by atoms with Gasteiger partial charge < -0.3 is 4.74 Å². The lowest BCUT2D eigenvalue weighted by atomic mass is 10.2. The fourth-order valence-corrected chi connectivity index (χ4v) is 2.71. The zero-order valence-electron chi connectivity index (χ0n) is 10.9. The lowest BCUT2D eigenvalue weighted by Gasteiger charge is -2.07. The van der Waals surface area contributed by atoms with Crippen molar-refractivity contribution in [1.29, 1.82) is 0 Å². The van der Waals surface area contributed by atoms with E-state index in [9.17, 15) is 4.39 Å². The van der Waals surface area contributed by atoms with Crippen molar-refractivity contribution in [3.05, 3.63) is 50.9 Å². The molecule has 0 atom stereocenters. The normalized spacial score (nSPS) is 10.9. The first-order chi connectivity index (χ1) is 10.1. The Morgan fingerprint density at radius 3 is 2.71 bits per heavy atom. The van der Waals surface area contributed by atoms with E-state index < -0.39 is 5.82 Å². The van der Waals surface area contributed by atoms with Gasteiger partial charge in [-0.15, -0.1) is 0 Å². The van der Waals surface area contributed by atoms with Crippen molar-refractivity contribution in [1.82, 2.24) is 9.97 Å². The lowest BCUT2D eigenvalue weighted by molar-refractivity contribution is 0.387. The highest BCUT2D eigenvalue weighted by Crippen LogP contribution is 2.28. The monoisotopic (exact) mass is 414 g/mol. The Bertz CT molecular complexity index is 841. The van der Waals surface area contributed by atoms with Crippen LogP contribution in [0.5, 0.6) is 5.75 Å². The van der Waals surface area contributed by atoms with Gasteiger partial charge in [-0.1, -0.05) is 11.6 Å². The molecule has 0 amide bonds. The summed E-state index contributed by atoms with van der Waals surface area (Å²) in [5, 5.41) is 1.17. The van der Waals surface area contributed by atoms with E-state index in [1.807, 2.05) is 18.2 Å². The molecule has 0 aliphatic rings. The maximum absolute atomic E-state index is 13.5. The molecule has 3 rings (SSSR count). The molecule has 0 spiro atoms. The molecule has 106 valence electrons. The van der Waals surface area contributed by atoms with Crippen molar-refractivity contribution < 1.29 is 9.13 Å². The van der Waals surface area contributed by atoms with Crippen LogP contribution in [0.2, 0.25) is 5.15 Å². The van der Waals surface area contributed by atoms with Gasteiger partial charge in [0.05, 0.1) is 12.6 Å². The number of nitrogens with zero attached hydrogens (tertiary/aromatic N) is 2. The van der Waals surface area contributed by atoms with Crippen molar-refractivity contribution in [3.63, 3.8) is 0 Å². The van der Waals surface area contributed by atoms with Crippen LogP contribution < -0.4 is 4.74 Å². The summed E-state index contributed by atoms with van der Waals surface area (Å²) in [5.41, 5.74) is 1.39. The first-order valence-corrected chi connectivity index (χ1v) is 7.51. The van der Waals surface area contributed by atoms with Crippen LogP contribution in [0.1, 0.15) is 0 Å². The topological polar surface area (TPSA) is 35.0 Å². The summed E-state index contributed by atoms with van der Waals surface area (Å²) in [4.78, 5) is 8.77. The molecule has 1 heterocycles. The van der Waals surface area contributed by atoms with Gasteiger partial charge in [0.1, 0.15) is 5.15 Å². The summed E-state index contributed by atoms with van der Waals surface area (Å²) in [6.07, 6.45) is 0. The van der Waals surface area contributed by atoms with E-state index >= 15 is 0 Å². The summed E-state index contributed by atoms with van der Waals surface area (Å²) in [7, 11) is 1.42. The average Bonchev–Trinajstić information content (AvgIpc) is 2.48. The fourth-order valence-electron chi connectivity index (χ4n) is 1.99. The second kappa shape index (κ2) is 5.73. The van der Waals surface area contributed by atoms with Crippen LogP contribution in [0.15, 0.2) is 36.4 Å². The van der Waals surface area contributed by atoms with Crippen molar-refractivity contribution in [2.75, 3.05) is 7.11 Å². The molecule has 0 radical (unpaired) electrons. The minimum atomic E-state index is -0.428. The summed E-state index contributed by atoms with van der Waals surface area (Å²) < 4.78 is 19.5. The molecule has 0 aliphatic carbocycles. The van der Waals surface area contributed by atoms with E-state index in [0.29, 0.717) is 16.5 Å². The smallest absolute Gasteiger partial charge is 0.165 e. The van der Waals surface area contributed by atoms with E-state index in [1.54, 1.807) is 12.1 Å². The van der Waals surface area contributed by atoms with Crippen LogP contribution in [0, 0.1) is 9.39 Å². The van der Waals surface area contributed by atoms with Gasteiger partial charge in [-0.25, -0.2) is 14.4 Å². The Morgan fingerprint density at radius 2 is 1.95 bits per heavy atom. The molecule has 0 unspecified atom stereocenters. The SMILES string of the molecule is COc1cc(-c2nc(Cl)c3cc(I)ccc3n2)ccc1F. The quantitative estimate of drug-likeness (QED) is 0.450. The standard InChI is InChI=1S/C15H9ClFIN2O/c1-21-13-6-8(2-4-11(13)17)15-19-12-5-3-9(18)7-10(12)14(16)20-15/h2-7H,1H3. The maximum Gasteiger partial charge on any atom is 0.165 e. The number of ether oxygens (including phenoxy) is 1. The third-order valence-corrected chi connectivity index (χ3v) is 3.98. The summed E-state index contributed by atoms with van der Waals surface area (Å²) in [6, 6.07) is 10.2. The number of hydrogen-bond acceptors (Lipinski definition) is 3. The Kier molecular flexibility index (Phi) is 3.95.